The van der Waals surface area contributed by atoms with E-state index in [1.54, 1.807) is 0 Å². The normalized spacial score (nSPS) is 56.5. The molecule has 0 heterocycles. The molecule has 0 aliphatic heterocycles. The van der Waals surface area contributed by atoms with E-state index in [2.05, 4.69) is 13.8 Å². The van der Waals surface area contributed by atoms with Crippen molar-refractivity contribution in [3.63, 3.8) is 0 Å². The molecule has 4 aliphatic carbocycles. The molecule has 0 spiro atoms. The Kier molecular flexibility index (Phi) is 3.10. The van der Waals surface area contributed by atoms with Crippen LogP contribution in [0.1, 0.15) is 71.6 Å². The number of hydrogen-bond acceptors (Lipinski definition) is 2. The van der Waals surface area contributed by atoms with Gasteiger partial charge in [-0.15, -0.1) is 0 Å². The van der Waals surface area contributed by atoms with Crippen molar-refractivity contribution < 1.29 is 9.90 Å². The monoisotopic (exact) mass is 290 g/mol. The predicted molar refractivity (Wildman–Crippen MR) is 82.7 cm³/mol. The Morgan fingerprint density at radius 2 is 1.81 bits per heavy atom. The van der Waals surface area contributed by atoms with E-state index in [1.165, 1.54) is 32.1 Å². The van der Waals surface area contributed by atoms with E-state index in [0.29, 0.717) is 29.0 Å². The predicted octanol–water partition coefficient (Wildman–Crippen LogP) is 3.96. The Morgan fingerprint density at radius 3 is 2.62 bits per heavy atom. The van der Waals surface area contributed by atoms with Gasteiger partial charge >= 0.3 is 0 Å². The van der Waals surface area contributed by atoms with Gasteiger partial charge in [-0.05, 0) is 67.6 Å². The van der Waals surface area contributed by atoms with Gasteiger partial charge in [-0.3, -0.25) is 4.79 Å². The number of carbonyl (C=O) groups is 1. The highest BCUT2D eigenvalue weighted by Crippen LogP contribution is 2.65. The van der Waals surface area contributed by atoms with Crippen LogP contribution in [0.15, 0.2) is 0 Å². The SMILES string of the molecule is C[C@]12CCCCC1C(O)C[C@@H]1C2CC[C@]2(C)C(=O)CC[C@@H]12. The van der Waals surface area contributed by atoms with Crippen LogP contribution in [0.4, 0.5) is 0 Å². The van der Waals surface area contributed by atoms with Crippen LogP contribution in [0, 0.1) is 34.5 Å². The summed E-state index contributed by atoms with van der Waals surface area (Å²) in [7, 11) is 0. The highest BCUT2D eigenvalue weighted by atomic mass is 16.3. The van der Waals surface area contributed by atoms with Gasteiger partial charge in [0.2, 0.25) is 0 Å². The summed E-state index contributed by atoms with van der Waals surface area (Å²) in [5, 5.41) is 10.8. The molecule has 0 aromatic rings. The maximum absolute atomic E-state index is 12.4. The average molecular weight is 290 g/mol. The highest BCUT2D eigenvalue weighted by Gasteiger charge is 2.61. The van der Waals surface area contributed by atoms with Crippen LogP contribution in [0.5, 0.6) is 0 Å². The van der Waals surface area contributed by atoms with Crippen molar-refractivity contribution in [1.29, 1.82) is 0 Å². The largest absolute Gasteiger partial charge is 0.393 e. The molecule has 4 saturated carbocycles. The fourth-order valence-electron chi connectivity index (χ4n) is 7.13. The van der Waals surface area contributed by atoms with Gasteiger partial charge in [-0.2, -0.15) is 0 Å². The van der Waals surface area contributed by atoms with E-state index in [-0.39, 0.29) is 11.5 Å². The fraction of sp³-hybridized carbons (Fsp3) is 0.947. The van der Waals surface area contributed by atoms with Crippen LogP contribution in [0.3, 0.4) is 0 Å². The minimum absolute atomic E-state index is 0.0568. The Labute approximate surface area is 128 Å². The number of carbonyl (C=O) groups excluding carboxylic acids is 1. The van der Waals surface area contributed by atoms with Crippen molar-refractivity contribution >= 4 is 5.78 Å². The van der Waals surface area contributed by atoms with Crippen LogP contribution in [-0.4, -0.2) is 17.0 Å². The first-order valence-corrected chi connectivity index (χ1v) is 9.18. The van der Waals surface area contributed by atoms with Crippen molar-refractivity contribution in [3.8, 4) is 0 Å². The molecule has 2 nitrogen and oxygen atoms in total. The van der Waals surface area contributed by atoms with Gasteiger partial charge in [0.05, 0.1) is 6.10 Å². The standard InChI is InChI=1S/C19H30O2/c1-18-9-4-3-5-15(18)16(20)11-12-13-6-7-17(21)19(13,2)10-8-14(12)18/h12-16,20H,3-11H2,1-2H3/t12-,13-,14?,15?,16?,18+,19-/m0/s1. The molecular formula is C19H30O2. The van der Waals surface area contributed by atoms with Crippen LogP contribution < -0.4 is 0 Å². The number of aliphatic hydroxyl groups excluding tert-OH is 1. The summed E-state index contributed by atoms with van der Waals surface area (Å²) in [5.41, 5.74) is 0.284. The molecule has 0 amide bonds. The summed E-state index contributed by atoms with van der Waals surface area (Å²) in [6.45, 7) is 4.70. The molecule has 0 radical (unpaired) electrons. The van der Waals surface area contributed by atoms with Gasteiger partial charge in [-0.1, -0.05) is 26.7 Å². The summed E-state index contributed by atoms with van der Waals surface area (Å²) < 4.78 is 0. The van der Waals surface area contributed by atoms with Crippen molar-refractivity contribution in [2.75, 3.05) is 0 Å². The van der Waals surface area contributed by atoms with Gasteiger partial charge < -0.3 is 5.11 Å². The molecule has 7 atom stereocenters. The lowest BCUT2D eigenvalue weighted by atomic mass is 9.45. The number of hydrogen-bond donors (Lipinski definition) is 1. The lowest BCUT2D eigenvalue weighted by Crippen LogP contribution is -2.57. The molecular weight excluding hydrogens is 260 g/mol. The summed E-state index contributed by atoms with van der Waals surface area (Å²) in [6, 6.07) is 0. The second-order valence-electron chi connectivity index (χ2n) is 8.96. The summed E-state index contributed by atoms with van der Waals surface area (Å²) >= 11 is 0. The zero-order valence-corrected chi connectivity index (χ0v) is 13.6. The van der Waals surface area contributed by atoms with Crippen molar-refractivity contribution in [1.82, 2.24) is 0 Å². The van der Waals surface area contributed by atoms with Crippen molar-refractivity contribution in [2.45, 2.75) is 77.7 Å². The second kappa shape index (κ2) is 4.57. The molecule has 4 aliphatic rings. The van der Waals surface area contributed by atoms with E-state index >= 15 is 0 Å². The Hall–Kier alpha value is -0.370. The molecule has 0 aromatic carbocycles. The minimum atomic E-state index is -0.116. The maximum Gasteiger partial charge on any atom is 0.139 e. The molecule has 4 rings (SSSR count). The van der Waals surface area contributed by atoms with E-state index < -0.39 is 0 Å². The van der Waals surface area contributed by atoms with Crippen molar-refractivity contribution in [2.24, 2.45) is 34.5 Å². The van der Waals surface area contributed by atoms with Crippen LogP contribution in [0.25, 0.3) is 0 Å². The van der Waals surface area contributed by atoms with E-state index in [1.807, 2.05) is 0 Å². The zero-order valence-electron chi connectivity index (χ0n) is 13.6. The number of aliphatic hydroxyl groups is 1. The molecule has 3 unspecified atom stereocenters. The molecule has 0 aromatic heterocycles. The molecule has 21 heavy (non-hydrogen) atoms. The van der Waals surface area contributed by atoms with Gasteiger partial charge in [-0.25, -0.2) is 0 Å². The van der Waals surface area contributed by atoms with Gasteiger partial charge in [0.1, 0.15) is 5.78 Å². The van der Waals surface area contributed by atoms with Gasteiger partial charge in [0, 0.05) is 11.8 Å². The fourth-order valence-corrected chi connectivity index (χ4v) is 7.13. The Balaban J connectivity index is 1.69. The molecule has 0 bridgehead atoms. The van der Waals surface area contributed by atoms with Crippen molar-refractivity contribution in [3.05, 3.63) is 0 Å². The lowest BCUT2D eigenvalue weighted by Gasteiger charge is -2.60. The second-order valence-corrected chi connectivity index (χ2v) is 8.96. The maximum atomic E-state index is 12.4. The first-order valence-electron chi connectivity index (χ1n) is 9.18. The molecule has 118 valence electrons. The minimum Gasteiger partial charge on any atom is -0.393 e. The molecule has 2 heteroatoms. The third-order valence-electron chi connectivity index (χ3n) is 8.30. The number of ketones is 1. The number of Topliss-reactive ketones (excluding diaryl/α,β-unsaturated/α-hetero) is 1. The third kappa shape index (κ3) is 1.77. The smallest absolute Gasteiger partial charge is 0.139 e. The summed E-state index contributed by atoms with van der Waals surface area (Å²) in [6.07, 6.45) is 10.2. The topological polar surface area (TPSA) is 37.3 Å². The van der Waals surface area contributed by atoms with E-state index in [0.717, 1.165) is 31.6 Å². The highest BCUT2D eigenvalue weighted by molar-refractivity contribution is 5.87. The molecule has 1 N–H and O–H groups in total. The Morgan fingerprint density at radius 1 is 1.00 bits per heavy atom. The summed E-state index contributed by atoms with van der Waals surface area (Å²) in [5.74, 6) is 2.95. The number of rotatable bonds is 0. The first-order chi connectivity index (χ1) is 9.97. The quantitative estimate of drug-likeness (QED) is 0.733. The van der Waals surface area contributed by atoms with Crippen LogP contribution in [-0.2, 0) is 4.79 Å². The lowest BCUT2D eigenvalue weighted by molar-refractivity contribution is -0.159. The van der Waals surface area contributed by atoms with E-state index in [9.17, 15) is 9.90 Å². The zero-order chi connectivity index (χ0) is 14.8. The van der Waals surface area contributed by atoms with Crippen LogP contribution in [0.2, 0.25) is 0 Å². The molecule has 4 fully saturated rings. The van der Waals surface area contributed by atoms with Gasteiger partial charge in [0.15, 0.2) is 0 Å². The first kappa shape index (κ1) is 14.2. The van der Waals surface area contributed by atoms with E-state index in [4.69, 9.17) is 0 Å². The third-order valence-corrected chi connectivity index (χ3v) is 8.30. The Bertz CT molecular complexity index is 458. The molecule has 0 saturated heterocycles. The van der Waals surface area contributed by atoms with Crippen LogP contribution >= 0.6 is 0 Å². The average Bonchev–Trinajstić information content (AvgIpc) is 2.75. The summed E-state index contributed by atoms with van der Waals surface area (Å²) in [4.78, 5) is 12.4. The number of fused-ring (bicyclic) bond motifs is 5. The van der Waals surface area contributed by atoms with Gasteiger partial charge in [0.25, 0.3) is 0 Å².